The first-order valence-electron chi connectivity index (χ1n) is 6.85. The number of rotatable bonds is 3. The van der Waals surface area contributed by atoms with E-state index in [9.17, 15) is 0 Å². The molecule has 21 heavy (non-hydrogen) atoms. The van der Waals surface area contributed by atoms with Crippen molar-refractivity contribution in [2.24, 2.45) is 0 Å². The Morgan fingerprint density at radius 3 is 0.952 bits per heavy atom. The molecule has 3 aromatic rings. The van der Waals surface area contributed by atoms with Crippen LogP contribution in [0.25, 0.3) is 0 Å². The van der Waals surface area contributed by atoms with E-state index in [-0.39, 0.29) is 0 Å². The maximum Gasteiger partial charge on any atom is 0.0461 e. The molecule has 0 aliphatic heterocycles. The smallest absolute Gasteiger partial charge is 0.0461 e. The third kappa shape index (κ3) is 3.71. The summed E-state index contributed by atoms with van der Waals surface area (Å²) in [6, 6.07) is 31.3. The summed E-state index contributed by atoms with van der Waals surface area (Å²) in [5.41, 5.74) is 3.50. The molecule has 106 valence electrons. The fourth-order valence-electron chi connectivity index (χ4n) is 2.18. The second-order valence-corrected chi connectivity index (χ2v) is 4.34. The maximum absolute atomic E-state index is 7.00. The van der Waals surface area contributed by atoms with Gasteiger partial charge in [0.2, 0.25) is 0 Å². The molecular formula is C19H19NO. The first kappa shape index (κ1) is 14.8. The van der Waals surface area contributed by atoms with E-state index in [1.54, 1.807) is 0 Å². The highest BCUT2D eigenvalue weighted by Crippen LogP contribution is 2.33. The lowest BCUT2D eigenvalue weighted by molar-refractivity contribution is 0.399. The van der Waals surface area contributed by atoms with Gasteiger partial charge < -0.3 is 10.0 Å². The zero-order chi connectivity index (χ0) is 14.9. The molecule has 0 saturated heterocycles. The van der Waals surface area contributed by atoms with Gasteiger partial charge in [0, 0.05) is 24.2 Å². The normalized spacial score (nSPS) is 9.43. The van der Waals surface area contributed by atoms with Gasteiger partial charge in [0.15, 0.2) is 0 Å². The Balaban J connectivity index is 0.000000774. The quantitative estimate of drug-likeness (QED) is 0.745. The standard InChI is InChI=1S/C18H15N.CH4O/c1-4-10-16(11-5-1)19(17-12-6-2-7-13-17)18-14-8-3-9-15-18;1-2/h1-15H;2H,1H3. The van der Waals surface area contributed by atoms with Crippen molar-refractivity contribution in [1.29, 1.82) is 0 Å². The number of anilines is 3. The zero-order valence-electron chi connectivity index (χ0n) is 12.1. The molecule has 2 nitrogen and oxygen atoms in total. The summed E-state index contributed by atoms with van der Waals surface area (Å²) in [7, 11) is 1.00. The number of benzene rings is 3. The van der Waals surface area contributed by atoms with Crippen molar-refractivity contribution in [1.82, 2.24) is 0 Å². The minimum atomic E-state index is 1.00. The van der Waals surface area contributed by atoms with Gasteiger partial charge in [0.25, 0.3) is 0 Å². The third-order valence-electron chi connectivity index (χ3n) is 3.04. The predicted octanol–water partition coefficient (Wildman–Crippen LogP) is 4.76. The Morgan fingerprint density at radius 2 is 0.714 bits per heavy atom. The van der Waals surface area contributed by atoms with Crippen molar-refractivity contribution in [3.8, 4) is 0 Å². The Bertz CT molecular complexity index is 530. The highest BCUT2D eigenvalue weighted by molar-refractivity contribution is 5.76. The van der Waals surface area contributed by atoms with Crippen molar-refractivity contribution >= 4 is 17.1 Å². The fraction of sp³-hybridized carbons (Fsp3) is 0.0526. The first-order chi connectivity index (χ1) is 10.4. The van der Waals surface area contributed by atoms with E-state index in [2.05, 4.69) is 77.7 Å². The molecule has 1 N–H and O–H groups in total. The number of aliphatic hydroxyl groups excluding tert-OH is 1. The number of nitrogens with zero attached hydrogens (tertiary/aromatic N) is 1. The van der Waals surface area contributed by atoms with Crippen molar-refractivity contribution in [3.63, 3.8) is 0 Å². The van der Waals surface area contributed by atoms with Gasteiger partial charge in [-0.25, -0.2) is 0 Å². The van der Waals surface area contributed by atoms with Crippen LogP contribution in [-0.2, 0) is 0 Å². The van der Waals surface area contributed by atoms with Crippen LogP contribution in [0.5, 0.6) is 0 Å². The van der Waals surface area contributed by atoms with E-state index in [0.717, 1.165) is 7.11 Å². The number of hydrogen-bond donors (Lipinski definition) is 1. The molecule has 0 heterocycles. The molecule has 2 heteroatoms. The van der Waals surface area contributed by atoms with Gasteiger partial charge in [0.1, 0.15) is 0 Å². The summed E-state index contributed by atoms with van der Waals surface area (Å²) in [5, 5.41) is 7.00. The molecule has 3 aromatic carbocycles. The Kier molecular flexibility index (Phi) is 5.56. The molecule has 0 aliphatic carbocycles. The van der Waals surface area contributed by atoms with Crippen molar-refractivity contribution in [2.75, 3.05) is 12.0 Å². The van der Waals surface area contributed by atoms with Crippen LogP contribution in [-0.4, -0.2) is 12.2 Å². The molecule has 0 aromatic heterocycles. The summed E-state index contributed by atoms with van der Waals surface area (Å²) in [6.45, 7) is 0. The molecule has 0 fully saturated rings. The molecule has 0 atom stereocenters. The lowest BCUT2D eigenvalue weighted by Crippen LogP contribution is -2.09. The van der Waals surface area contributed by atoms with Crippen LogP contribution in [0.2, 0.25) is 0 Å². The van der Waals surface area contributed by atoms with E-state index in [0.29, 0.717) is 0 Å². The molecule has 3 rings (SSSR count). The number of para-hydroxylation sites is 3. The Hall–Kier alpha value is -2.58. The monoisotopic (exact) mass is 277 g/mol. The maximum atomic E-state index is 7.00. The predicted molar refractivity (Wildman–Crippen MR) is 89.3 cm³/mol. The Morgan fingerprint density at radius 1 is 0.476 bits per heavy atom. The van der Waals surface area contributed by atoms with Gasteiger partial charge in [-0.3, -0.25) is 0 Å². The average molecular weight is 277 g/mol. The fourth-order valence-corrected chi connectivity index (χ4v) is 2.18. The van der Waals surface area contributed by atoms with Gasteiger partial charge in [-0.15, -0.1) is 0 Å². The minimum absolute atomic E-state index is 1.00. The first-order valence-corrected chi connectivity index (χ1v) is 6.85. The van der Waals surface area contributed by atoms with Crippen LogP contribution >= 0.6 is 0 Å². The second-order valence-electron chi connectivity index (χ2n) is 4.34. The average Bonchev–Trinajstić information content (AvgIpc) is 2.60. The molecular weight excluding hydrogens is 258 g/mol. The van der Waals surface area contributed by atoms with Gasteiger partial charge in [-0.1, -0.05) is 54.6 Å². The van der Waals surface area contributed by atoms with Crippen molar-refractivity contribution in [3.05, 3.63) is 91.0 Å². The van der Waals surface area contributed by atoms with E-state index < -0.39 is 0 Å². The number of aliphatic hydroxyl groups is 1. The van der Waals surface area contributed by atoms with Crippen LogP contribution in [0.1, 0.15) is 0 Å². The van der Waals surface area contributed by atoms with Gasteiger partial charge in [0.05, 0.1) is 0 Å². The molecule has 0 saturated carbocycles. The van der Waals surface area contributed by atoms with E-state index in [1.165, 1.54) is 17.1 Å². The molecule has 0 radical (unpaired) electrons. The van der Waals surface area contributed by atoms with Gasteiger partial charge in [-0.05, 0) is 36.4 Å². The summed E-state index contributed by atoms with van der Waals surface area (Å²) >= 11 is 0. The molecule has 0 amide bonds. The van der Waals surface area contributed by atoms with Crippen LogP contribution in [0.4, 0.5) is 17.1 Å². The van der Waals surface area contributed by atoms with Gasteiger partial charge in [-0.2, -0.15) is 0 Å². The largest absolute Gasteiger partial charge is 0.400 e. The van der Waals surface area contributed by atoms with Crippen LogP contribution in [0, 0.1) is 0 Å². The summed E-state index contributed by atoms with van der Waals surface area (Å²) in [5.74, 6) is 0. The number of hydrogen-bond acceptors (Lipinski definition) is 2. The molecule has 0 unspecified atom stereocenters. The van der Waals surface area contributed by atoms with Gasteiger partial charge >= 0.3 is 0 Å². The van der Waals surface area contributed by atoms with Crippen molar-refractivity contribution in [2.45, 2.75) is 0 Å². The summed E-state index contributed by atoms with van der Waals surface area (Å²) < 4.78 is 0. The summed E-state index contributed by atoms with van der Waals surface area (Å²) in [4.78, 5) is 2.25. The second kappa shape index (κ2) is 7.88. The molecule has 0 bridgehead atoms. The SMILES string of the molecule is CO.c1ccc(N(c2ccccc2)c2ccccc2)cc1. The lowest BCUT2D eigenvalue weighted by atomic mass is 10.2. The lowest BCUT2D eigenvalue weighted by Gasteiger charge is -2.25. The van der Waals surface area contributed by atoms with E-state index in [1.807, 2.05) is 18.2 Å². The highest BCUT2D eigenvalue weighted by atomic mass is 16.2. The zero-order valence-corrected chi connectivity index (χ0v) is 12.1. The third-order valence-corrected chi connectivity index (χ3v) is 3.04. The van der Waals surface area contributed by atoms with E-state index >= 15 is 0 Å². The van der Waals surface area contributed by atoms with E-state index in [4.69, 9.17) is 5.11 Å². The minimum Gasteiger partial charge on any atom is -0.400 e. The van der Waals surface area contributed by atoms with Crippen LogP contribution < -0.4 is 4.90 Å². The van der Waals surface area contributed by atoms with Crippen LogP contribution in [0.3, 0.4) is 0 Å². The van der Waals surface area contributed by atoms with Crippen LogP contribution in [0.15, 0.2) is 91.0 Å². The highest BCUT2D eigenvalue weighted by Gasteiger charge is 2.10. The topological polar surface area (TPSA) is 23.5 Å². The summed E-state index contributed by atoms with van der Waals surface area (Å²) in [6.07, 6.45) is 0. The van der Waals surface area contributed by atoms with Crippen molar-refractivity contribution < 1.29 is 5.11 Å². The Labute approximate surface area is 125 Å². The molecule has 0 aliphatic rings. The molecule has 0 spiro atoms.